The van der Waals surface area contributed by atoms with Gasteiger partial charge in [-0.2, -0.15) is 0 Å². The number of benzene rings is 3. The molecule has 1 aliphatic rings. The first kappa shape index (κ1) is 26.6. The molecule has 1 atom stereocenters. The summed E-state index contributed by atoms with van der Waals surface area (Å²) in [5.74, 6) is 0.496. The molecule has 0 bridgehead atoms. The third-order valence-corrected chi connectivity index (χ3v) is 7.88. The highest BCUT2D eigenvalue weighted by Crippen LogP contribution is 2.43. The zero-order valence-corrected chi connectivity index (χ0v) is 21.9. The number of para-hydroxylation sites is 1. The minimum absolute atomic E-state index is 0.0905. The van der Waals surface area contributed by atoms with Gasteiger partial charge in [0.25, 0.3) is 10.8 Å². The van der Waals surface area contributed by atoms with Crippen LogP contribution < -0.4 is 14.4 Å². The van der Waals surface area contributed by atoms with Crippen LogP contribution in [0.1, 0.15) is 23.4 Å². The minimum Gasteiger partial charge on any atom is -0.496 e. The highest BCUT2D eigenvalue weighted by molar-refractivity contribution is 7.97. The average Bonchev–Trinajstić information content (AvgIpc) is 3.13. The van der Waals surface area contributed by atoms with E-state index < -0.39 is 21.1 Å². The van der Waals surface area contributed by atoms with Crippen molar-refractivity contribution >= 4 is 33.2 Å². The smallest absolute Gasteiger partial charge is 0.317 e. The van der Waals surface area contributed by atoms with Crippen LogP contribution in [0.4, 0.5) is 11.4 Å². The molecule has 0 saturated carbocycles. The van der Waals surface area contributed by atoms with Crippen molar-refractivity contribution < 1.29 is 32.4 Å². The van der Waals surface area contributed by atoms with Crippen LogP contribution in [0.3, 0.4) is 0 Å². The molecule has 0 radical (unpaired) electrons. The van der Waals surface area contributed by atoms with Gasteiger partial charge >= 0.3 is 5.69 Å². The first-order valence-corrected chi connectivity index (χ1v) is 13.3. The van der Waals surface area contributed by atoms with E-state index in [1.807, 2.05) is 25.1 Å². The van der Waals surface area contributed by atoms with Gasteiger partial charge in [0, 0.05) is 23.4 Å². The summed E-state index contributed by atoms with van der Waals surface area (Å²) < 4.78 is 38.5. The van der Waals surface area contributed by atoms with Gasteiger partial charge in [-0.25, -0.2) is 13.3 Å². The molecule has 10 heteroatoms. The van der Waals surface area contributed by atoms with E-state index in [1.165, 1.54) is 49.5 Å². The zero-order chi connectivity index (χ0) is 27.3. The van der Waals surface area contributed by atoms with Crippen molar-refractivity contribution in [3.05, 3.63) is 106 Å². The minimum atomic E-state index is -4.20. The van der Waals surface area contributed by atoms with E-state index in [0.29, 0.717) is 23.8 Å². The van der Waals surface area contributed by atoms with Crippen molar-refractivity contribution in [1.29, 1.82) is 0 Å². The van der Waals surface area contributed by atoms with Gasteiger partial charge in [-0.15, -0.1) is 0 Å². The van der Waals surface area contributed by atoms with Crippen LogP contribution in [0.15, 0.2) is 89.9 Å². The summed E-state index contributed by atoms with van der Waals surface area (Å²) in [6.07, 6.45) is 4.45. The van der Waals surface area contributed by atoms with Crippen molar-refractivity contribution in [3.8, 4) is 11.5 Å². The lowest BCUT2D eigenvalue weighted by atomic mass is 10.1. The van der Waals surface area contributed by atoms with E-state index in [0.717, 1.165) is 5.56 Å². The Balaban J connectivity index is 1.82. The normalized spacial score (nSPS) is 17.7. The van der Waals surface area contributed by atoms with Crippen LogP contribution in [0.5, 0.6) is 11.5 Å². The van der Waals surface area contributed by atoms with Crippen LogP contribution in [0.2, 0.25) is 0 Å². The molecule has 1 aliphatic heterocycles. The van der Waals surface area contributed by atoms with E-state index in [1.54, 1.807) is 42.5 Å². The summed E-state index contributed by atoms with van der Waals surface area (Å²) >= 11 is 0. The number of hydrogen-bond donors (Lipinski definition) is 0. The second-order valence-corrected chi connectivity index (χ2v) is 10.1. The lowest BCUT2D eigenvalue weighted by molar-refractivity contribution is -0.736. The quantitative estimate of drug-likeness (QED) is 0.277. The van der Waals surface area contributed by atoms with Crippen LogP contribution >= 0.6 is 0 Å². The number of rotatable bonds is 9. The Morgan fingerprint density at radius 3 is 2.42 bits per heavy atom. The molecule has 3 aromatic carbocycles. The molecule has 0 aliphatic carbocycles. The van der Waals surface area contributed by atoms with Gasteiger partial charge in [0.15, 0.2) is 12.5 Å². The van der Waals surface area contributed by atoms with Gasteiger partial charge in [-0.05, 0) is 48.9 Å². The molecule has 9 nitrogen and oxygen atoms in total. The first-order chi connectivity index (χ1) is 18.3. The third-order valence-electron chi connectivity index (χ3n) is 5.88. The Kier molecular flexibility index (Phi) is 7.92. The standard InChI is InChI=1S/C28H27N2O7S/c1-4-37-24-17-15-22(16-18-24)29-27(31)26(14-8-10-20-9-5-6-13-25(20)35-2)38(33,34)28(29)21-11-7-12-23(19-21)30(32)36-3/h5-19,28H,4H2,1-3H3/q+1. The van der Waals surface area contributed by atoms with E-state index in [9.17, 15) is 18.1 Å². The third kappa shape index (κ3) is 5.16. The number of anilines is 1. The Bertz CT molecular complexity index is 1510. The number of allylic oxidation sites excluding steroid dienone is 2. The summed E-state index contributed by atoms with van der Waals surface area (Å²) in [6.45, 7) is 2.31. The van der Waals surface area contributed by atoms with Crippen molar-refractivity contribution in [2.24, 2.45) is 0 Å². The van der Waals surface area contributed by atoms with Gasteiger partial charge in [0.05, 0.1) is 18.6 Å². The predicted octanol–water partition coefficient (Wildman–Crippen LogP) is 5.12. The SMILES string of the molecule is CCOc1ccc(N2C(=O)C(=CC=Cc3ccccc3OC)S(=O)(=O)C2c2cccc([N+](=O)OC)c2)cc1. The van der Waals surface area contributed by atoms with E-state index in [-0.39, 0.29) is 21.1 Å². The molecule has 0 spiro atoms. The van der Waals surface area contributed by atoms with E-state index >= 15 is 0 Å². The number of ether oxygens (including phenoxy) is 2. The van der Waals surface area contributed by atoms with Crippen molar-refractivity contribution in [2.75, 3.05) is 25.7 Å². The van der Waals surface area contributed by atoms with Crippen LogP contribution in [-0.4, -0.2) is 40.1 Å². The second kappa shape index (κ2) is 11.3. The topological polar surface area (TPSA) is 102 Å². The second-order valence-electron chi connectivity index (χ2n) is 8.17. The number of nitrogens with zero attached hydrogens (tertiary/aromatic N) is 2. The largest absolute Gasteiger partial charge is 0.496 e. The molecule has 1 saturated heterocycles. The van der Waals surface area contributed by atoms with Crippen LogP contribution in [-0.2, 0) is 19.5 Å². The maximum atomic E-state index is 13.8. The molecule has 1 unspecified atom stereocenters. The van der Waals surface area contributed by atoms with Crippen molar-refractivity contribution in [1.82, 2.24) is 0 Å². The van der Waals surface area contributed by atoms with Gasteiger partial charge in [0.1, 0.15) is 16.4 Å². The maximum absolute atomic E-state index is 13.8. The van der Waals surface area contributed by atoms with Gasteiger partial charge in [-0.1, -0.05) is 42.5 Å². The molecule has 3 aromatic rings. The molecule has 38 heavy (non-hydrogen) atoms. The molecule has 0 aromatic heterocycles. The Morgan fingerprint density at radius 2 is 1.74 bits per heavy atom. The predicted molar refractivity (Wildman–Crippen MR) is 144 cm³/mol. The monoisotopic (exact) mass is 535 g/mol. The van der Waals surface area contributed by atoms with Gasteiger partial charge in [-0.3, -0.25) is 9.69 Å². The average molecular weight is 536 g/mol. The fourth-order valence-corrected chi connectivity index (χ4v) is 6.01. The fraction of sp³-hybridized carbons (Fsp3) is 0.179. The molecule has 1 fully saturated rings. The molecule has 1 heterocycles. The summed E-state index contributed by atoms with van der Waals surface area (Å²) in [6, 6.07) is 19.8. The zero-order valence-electron chi connectivity index (χ0n) is 21.1. The Morgan fingerprint density at radius 1 is 1.00 bits per heavy atom. The summed E-state index contributed by atoms with van der Waals surface area (Å²) in [5, 5.41) is -1.40. The van der Waals surface area contributed by atoms with Crippen LogP contribution in [0, 0.1) is 4.91 Å². The maximum Gasteiger partial charge on any atom is 0.317 e. The number of carbonyl (C=O) groups excluding carboxylic acids is 1. The first-order valence-electron chi connectivity index (χ1n) is 11.7. The number of hydrogen-bond acceptors (Lipinski definition) is 7. The summed E-state index contributed by atoms with van der Waals surface area (Å²) in [4.78, 5) is 31.5. The van der Waals surface area contributed by atoms with Crippen molar-refractivity contribution in [3.63, 3.8) is 0 Å². The molecule has 1 amide bonds. The van der Waals surface area contributed by atoms with Crippen molar-refractivity contribution in [2.45, 2.75) is 12.3 Å². The van der Waals surface area contributed by atoms with E-state index in [2.05, 4.69) is 0 Å². The molecular formula is C28H27N2O7S+. The Hall–Kier alpha value is -4.44. The highest BCUT2D eigenvalue weighted by atomic mass is 32.2. The molecule has 0 N–H and O–H groups in total. The van der Waals surface area contributed by atoms with Crippen LogP contribution in [0.25, 0.3) is 6.08 Å². The van der Waals surface area contributed by atoms with Gasteiger partial charge in [0.2, 0.25) is 9.84 Å². The summed E-state index contributed by atoms with van der Waals surface area (Å²) in [7, 11) is -1.46. The lowest BCUT2D eigenvalue weighted by Crippen LogP contribution is -2.29. The van der Waals surface area contributed by atoms with Gasteiger partial charge < -0.3 is 9.47 Å². The number of methoxy groups -OCH3 is 1. The van der Waals surface area contributed by atoms with E-state index in [4.69, 9.17) is 14.3 Å². The number of carbonyl (C=O) groups is 1. The Labute approximate surface area is 221 Å². The molecule has 4 rings (SSSR count). The molecule has 196 valence electrons. The lowest BCUT2D eigenvalue weighted by Gasteiger charge is -2.23. The number of sulfone groups is 1. The molecular weight excluding hydrogens is 508 g/mol. The highest BCUT2D eigenvalue weighted by Gasteiger charge is 2.50. The summed E-state index contributed by atoms with van der Waals surface area (Å²) in [5.41, 5.74) is 1.41. The number of amides is 1. The fourth-order valence-electron chi connectivity index (χ4n) is 4.16.